The summed E-state index contributed by atoms with van der Waals surface area (Å²) < 4.78 is 28.8. The van der Waals surface area contributed by atoms with Crippen LogP contribution < -0.4 is 0 Å². The third kappa shape index (κ3) is 3.52. The van der Waals surface area contributed by atoms with Gasteiger partial charge in [0.1, 0.15) is 0 Å². The second kappa shape index (κ2) is 7.44. The lowest BCUT2D eigenvalue weighted by Gasteiger charge is -2.15. The number of rotatable bonds is 5. The van der Waals surface area contributed by atoms with Gasteiger partial charge in [-0.15, -0.1) is 11.3 Å². The first-order valence-corrected chi connectivity index (χ1v) is 12.1. The standard InChI is InChI=1S/C23H22N2O2S2/c26-29(27,23-8-4-7-22-21(23)11-14-28-22)25-13-10-20(17-25)19-9-12-24(16-19)15-18-5-2-1-3-6-18/h1-8,10-11,13-14,17,19H,9,12,15-16H2. The maximum Gasteiger partial charge on any atom is 0.268 e. The Balaban J connectivity index is 1.36. The van der Waals surface area contributed by atoms with Crippen LogP contribution in [0.15, 0.2) is 83.3 Å². The summed E-state index contributed by atoms with van der Waals surface area (Å²) in [4.78, 5) is 2.81. The topological polar surface area (TPSA) is 42.3 Å². The van der Waals surface area contributed by atoms with Crippen molar-refractivity contribution in [3.63, 3.8) is 0 Å². The molecule has 4 aromatic rings. The highest BCUT2D eigenvalue weighted by molar-refractivity contribution is 7.90. The molecule has 6 heteroatoms. The number of thiophene rings is 1. The molecule has 1 saturated heterocycles. The van der Waals surface area contributed by atoms with Crippen molar-refractivity contribution in [2.45, 2.75) is 23.8 Å². The van der Waals surface area contributed by atoms with E-state index < -0.39 is 10.0 Å². The Morgan fingerprint density at radius 2 is 1.86 bits per heavy atom. The molecular formula is C23H22N2O2S2. The van der Waals surface area contributed by atoms with Gasteiger partial charge in [-0.05, 0) is 59.7 Å². The van der Waals surface area contributed by atoms with Gasteiger partial charge >= 0.3 is 0 Å². The van der Waals surface area contributed by atoms with Crippen LogP contribution in [-0.2, 0) is 16.6 Å². The van der Waals surface area contributed by atoms with Gasteiger partial charge in [-0.3, -0.25) is 4.90 Å². The van der Waals surface area contributed by atoms with E-state index in [4.69, 9.17) is 0 Å². The second-order valence-corrected chi connectivity index (χ2v) is 10.3. The molecule has 148 valence electrons. The van der Waals surface area contributed by atoms with Gasteiger partial charge in [0.05, 0.1) is 4.90 Å². The zero-order valence-corrected chi connectivity index (χ0v) is 17.6. The van der Waals surface area contributed by atoms with Crippen molar-refractivity contribution in [2.75, 3.05) is 13.1 Å². The maximum atomic E-state index is 13.2. The van der Waals surface area contributed by atoms with Crippen molar-refractivity contribution < 1.29 is 8.42 Å². The van der Waals surface area contributed by atoms with Crippen molar-refractivity contribution in [2.24, 2.45) is 0 Å². The molecule has 1 fully saturated rings. The monoisotopic (exact) mass is 422 g/mol. The van der Waals surface area contributed by atoms with E-state index in [1.807, 2.05) is 35.7 Å². The molecule has 1 unspecified atom stereocenters. The molecule has 1 aliphatic heterocycles. The van der Waals surface area contributed by atoms with Gasteiger partial charge in [0.25, 0.3) is 10.0 Å². The van der Waals surface area contributed by atoms with E-state index in [0.717, 1.165) is 41.7 Å². The van der Waals surface area contributed by atoms with E-state index in [9.17, 15) is 8.42 Å². The number of aromatic nitrogens is 1. The zero-order chi connectivity index (χ0) is 19.8. The van der Waals surface area contributed by atoms with Gasteiger partial charge in [0.2, 0.25) is 0 Å². The third-order valence-electron chi connectivity index (χ3n) is 5.69. The summed E-state index contributed by atoms with van der Waals surface area (Å²) >= 11 is 1.56. The first-order chi connectivity index (χ1) is 14.1. The van der Waals surface area contributed by atoms with Crippen molar-refractivity contribution in [1.29, 1.82) is 0 Å². The van der Waals surface area contributed by atoms with Gasteiger partial charge in [-0.25, -0.2) is 12.4 Å². The minimum atomic E-state index is -3.60. The van der Waals surface area contributed by atoms with Crippen LogP contribution in [0.4, 0.5) is 0 Å². The van der Waals surface area contributed by atoms with Gasteiger partial charge < -0.3 is 0 Å². The summed E-state index contributed by atoms with van der Waals surface area (Å²) in [5.41, 5.74) is 2.42. The van der Waals surface area contributed by atoms with E-state index in [1.165, 1.54) is 9.54 Å². The van der Waals surface area contributed by atoms with Crippen molar-refractivity contribution >= 4 is 31.4 Å². The van der Waals surface area contributed by atoms with E-state index in [1.54, 1.807) is 29.8 Å². The number of hydrogen-bond acceptors (Lipinski definition) is 4. The van der Waals surface area contributed by atoms with E-state index in [2.05, 4.69) is 29.2 Å². The lowest BCUT2D eigenvalue weighted by Crippen LogP contribution is -2.19. The third-order valence-corrected chi connectivity index (χ3v) is 8.27. The summed E-state index contributed by atoms with van der Waals surface area (Å²) in [6, 6.07) is 19.8. The molecule has 0 aliphatic carbocycles. The van der Waals surface area contributed by atoms with Gasteiger partial charge in [0, 0.05) is 35.6 Å². The van der Waals surface area contributed by atoms with Crippen LogP contribution in [0.25, 0.3) is 10.1 Å². The summed E-state index contributed by atoms with van der Waals surface area (Å²) in [5, 5.41) is 2.73. The Labute approximate surface area is 175 Å². The van der Waals surface area contributed by atoms with Crippen molar-refractivity contribution in [1.82, 2.24) is 8.87 Å². The number of nitrogens with zero attached hydrogens (tertiary/aromatic N) is 2. The predicted octanol–water partition coefficient (Wildman–Crippen LogP) is 4.93. The molecule has 0 radical (unpaired) electrons. The molecule has 3 heterocycles. The average Bonchev–Trinajstić information content (AvgIpc) is 3.48. The molecule has 4 nitrogen and oxygen atoms in total. The molecule has 2 aromatic carbocycles. The first kappa shape index (κ1) is 18.6. The lowest BCUT2D eigenvalue weighted by molar-refractivity contribution is 0.327. The molecule has 0 amide bonds. The summed E-state index contributed by atoms with van der Waals surface area (Å²) in [6.45, 7) is 2.93. The lowest BCUT2D eigenvalue weighted by atomic mass is 10.0. The second-order valence-electron chi connectivity index (χ2n) is 7.57. The quantitative estimate of drug-likeness (QED) is 0.458. The summed E-state index contributed by atoms with van der Waals surface area (Å²) in [6.07, 6.45) is 4.55. The van der Waals surface area contributed by atoms with Crippen molar-refractivity contribution in [3.8, 4) is 0 Å². The predicted molar refractivity (Wildman–Crippen MR) is 118 cm³/mol. The zero-order valence-electron chi connectivity index (χ0n) is 15.9. The molecular weight excluding hydrogens is 400 g/mol. The van der Waals surface area contributed by atoms with E-state index in [0.29, 0.717) is 10.8 Å². The molecule has 0 bridgehead atoms. The van der Waals surface area contributed by atoms with Crippen LogP contribution in [0, 0.1) is 0 Å². The van der Waals surface area contributed by atoms with Crippen LogP contribution in [0.2, 0.25) is 0 Å². The molecule has 29 heavy (non-hydrogen) atoms. The minimum absolute atomic E-state index is 0.368. The van der Waals surface area contributed by atoms with Crippen LogP contribution in [-0.4, -0.2) is 30.4 Å². The Morgan fingerprint density at radius 1 is 1.00 bits per heavy atom. The minimum Gasteiger partial charge on any atom is -0.298 e. The molecule has 1 atom stereocenters. The smallest absolute Gasteiger partial charge is 0.268 e. The van der Waals surface area contributed by atoms with Crippen molar-refractivity contribution in [3.05, 3.63) is 89.6 Å². The largest absolute Gasteiger partial charge is 0.298 e. The molecule has 5 rings (SSSR count). The summed E-state index contributed by atoms with van der Waals surface area (Å²) in [5.74, 6) is 0.368. The van der Waals surface area contributed by atoms with Crippen LogP contribution in [0.1, 0.15) is 23.5 Å². The highest BCUT2D eigenvalue weighted by Gasteiger charge is 2.26. The fourth-order valence-corrected chi connectivity index (χ4v) is 6.47. The number of benzene rings is 2. The van der Waals surface area contributed by atoms with E-state index in [-0.39, 0.29) is 0 Å². The SMILES string of the molecule is O=S(=O)(c1cccc2sccc12)n1ccc(C2CCN(Cc3ccccc3)C2)c1. The average molecular weight is 423 g/mol. The maximum absolute atomic E-state index is 13.2. The van der Waals surface area contributed by atoms with E-state index >= 15 is 0 Å². The molecule has 0 saturated carbocycles. The molecule has 0 spiro atoms. The van der Waals surface area contributed by atoms with Crippen LogP contribution >= 0.6 is 11.3 Å². The Hall–Kier alpha value is -2.41. The Bertz CT molecular complexity index is 1240. The van der Waals surface area contributed by atoms with Gasteiger partial charge in [-0.1, -0.05) is 36.4 Å². The number of likely N-dealkylation sites (tertiary alicyclic amines) is 1. The fourth-order valence-electron chi connectivity index (χ4n) is 4.18. The Kier molecular flexibility index (Phi) is 4.78. The van der Waals surface area contributed by atoms with Crippen LogP contribution in [0.5, 0.6) is 0 Å². The first-order valence-electron chi connectivity index (χ1n) is 9.77. The van der Waals surface area contributed by atoms with Crippen LogP contribution in [0.3, 0.4) is 0 Å². The van der Waals surface area contributed by atoms with Gasteiger partial charge in [-0.2, -0.15) is 0 Å². The highest BCUT2D eigenvalue weighted by atomic mass is 32.2. The van der Waals surface area contributed by atoms with Gasteiger partial charge in [0.15, 0.2) is 0 Å². The number of fused-ring (bicyclic) bond motifs is 1. The number of hydrogen-bond donors (Lipinski definition) is 0. The fraction of sp³-hybridized carbons (Fsp3) is 0.217. The highest BCUT2D eigenvalue weighted by Crippen LogP contribution is 2.32. The Morgan fingerprint density at radius 3 is 2.72 bits per heavy atom. The molecule has 2 aromatic heterocycles. The molecule has 0 N–H and O–H groups in total. The summed E-state index contributed by atoms with van der Waals surface area (Å²) in [7, 11) is -3.60. The molecule has 1 aliphatic rings. The normalized spacial score (nSPS) is 17.9.